The van der Waals surface area contributed by atoms with Crippen molar-refractivity contribution in [3.05, 3.63) is 60.0 Å². The fourth-order valence-electron chi connectivity index (χ4n) is 2.67. The molecular formula is C20H17FN2O5. The Kier molecular flexibility index (Phi) is 5.09. The second kappa shape index (κ2) is 7.99. The van der Waals surface area contributed by atoms with Crippen LogP contribution >= 0.6 is 0 Å². The van der Waals surface area contributed by atoms with E-state index < -0.39 is 11.7 Å². The van der Waals surface area contributed by atoms with Gasteiger partial charge in [0, 0.05) is 11.6 Å². The molecule has 2 heterocycles. The van der Waals surface area contributed by atoms with E-state index >= 15 is 0 Å². The lowest BCUT2D eigenvalue weighted by Gasteiger charge is -2.18. The van der Waals surface area contributed by atoms with Gasteiger partial charge in [0.2, 0.25) is 0 Å². The van der Waals surface area contributed by atoms with Crippen LogP contribution < -0.4 is 19.5 Å². The molecule has 0 radical (unpaired) electrons. The molecule has 1 aliphatic heterocycles. The van der Waals surface area contributed by atoms with Gasteiger partial charge in [-0.05, 0) is 30.3 Å². The minimum Gasteiger partial charge on any atom is -0.486 e. The molecule has 0 fully saturated rings. The number of nitrogens with one attached hydrogen (secondary N) is 1. The molecule has 0 saturated carbocycles. The summed E-state index contributed by atoms with van der Waals surface area (Å²) in [5.74, 6) is 1.00. The Morgan fingerprint density at radius 1 is 1.11 bits per heavy atom. The number of hydrogen-bond acceptors (Lipinski definition) is 6. The fourth-order valence-corrected chi connectivity index (χ4v) is 2.67. The summed E-state index contributed by atoms with van der Waals surface area (Å²) in [6.45, 7) is 0.888. The van der Waals surface area contributed by atoms with Gasteiger partial charge in [0.1, 0.15) is 18.9 Å². The largest absolute Gasteiger partial charge is 0.486 e. The minimum atomic E-state index is -0.518. The number of fused-ring (bicyclic) bond motifs is 1. The van der Waals surface area contributed by atoms with E-state index in [4.69, 9.17) is 18.7 Å². The van der Waals surface area contributed by atoms with Crippen LogP contribution in [-0.2, 0) is 11.3 Å². The molecule has 1 aliphatic rings. The molecule has 3 aromatic rings. The normalized spacial score (nSPS) is 12.5. The van der Waals surface area contributed by atoms with E-state index in [2.05, 4.69) is 10.5 Å². The molecule has 1 amide bonds. The van der Waals surface area contributed by atoms with Gasteiger partial charge in [-0.2, -0.15) is 0 Å². The van der Waals surface area contributed by atoms with E-state index in [1.165, 1.54) is 12.1 Å². The summed E-state index contributed by atoms with van der Waals surface area (Å²) >= 11 is 0. The van der Waals surface area contributed by atoms with Crippen LogP contribution in [0.1, 0.15) is 5.69 Å². The molecule has 28 heavy (non-hydrogen) atoms. The summed E-state index contributed by atoms with van der Waals surface area (Å²) in [7, 11) is 0. The molecule has 0 saturated heterocycles. The van der Waals surface area contributed by atoms with Crippen LogP contribution in [0.3, 0.4) is 0 Å². The Morgan fingerprint density at radius 2 is 1.93 bits per heavy atom. The lowest BCUT2D eigenvalue weighted by atomic mass is 10.1. The Morgan fingerprint density at radius 3 is 2.79 bits per heavy atom. The highest BCUT2D eigenvalue weighted by atomic mass is 19.1. The number of nitrogens with zero attached hydrogens (tertiary/aromatic N) is 1. The number of hydrogen-bond donors (Lipinski definition) is 1. The predicted molar refractivity (Wildman–Crippen MR) is 96.7 cm³/mol. The van der Waals surface area contributed by atoms with Crippen LogP contribution in [0.15, 0.2) is 53.1 Å². The summed E-state index contributed by atoms with van der Waals surface area (Å²) in [4.78, 5) is 11.9. The molecular weight excluding hydrogens is 367 g/mol. The summed E-state index contributed by atoms with van der Waals surface area (Å²) in [5.41, 5.74) is 1.33. The molecule has 144 valence electrons. The van der Waals surface area contributed by atoms with Crippen LogP contribution in [0.2, 0.25) is 0 Å². The maximum Gasteiger partial charge on any atom is 0.258 e. The van der Waals surface area contributed by atoms with Gasteiger partial charge in [-0.1, -0.05) is 17.3 Å². The van der Waals surface area contributed by atoms with Crippen molar-refractivity contribution in [2.24, 2.45) is 0 Å². The molecule has 4 rings (SSSR count). The van der Waals surface area contributed by atoms with Gasteiger partial charge in [-0.3, -0.25) is 4.79 Å². The monoisotopic (exact) mass is 384 g/mol. The molecule has 1 aromatic heterocycles. The van der Waals surface area contributed by atoms with E-state index in [0.717, 1.165) is 5.56 Å². The molecule has 0 atom stereocenters. The van der Waals surface area contributed by atoms with Crippen molar-refractivity contribution in [2.45, 2.75) is 6.54 Å². The summed E-state index contributed by atoms with van der Waals surface area (Å²) in [6, 6.07) is 13.1. The number of para-hydroxylation sites is 1. The Balaban J connectivity index is 1.32. The molecule has 7 nitrogen and oxygen atoms in total. The van der Waals surface area contributed by atoms with E-state index in [1.54, 1.807) is 18.2 Å². The van der Waals surface area contributed by atoms with Gasteiger partial charge in [-0.15, -0.1) is 0 Å². The summed E-state index contributed by atoms with van der Waals surface area (Å²) in [5, 5.41) is 6.60. The highest BCUT2D eigenvalue weighted by Crippen LogP contribution is 2.34. The smallest absolute Gasteiger partial charge is 0.258 e. The van der Waals surface area contributed by atoms with Crippen LogP contribution in [0, 0.1) is 5.82 Å². The number of ether oxygens (including phenoxy) is 3. The zero-order valence-corrected chi connectivity index (χ0v) is 14.8. The van der Waals surface area contributed by atoms with Gasteiger partial charge in [-0.25, -0.2) is 4.39 Å². The zero-order valence-electron chi connectivity index (χ0n) is 14.8. The third-order valence-electron chi connectivity index (χ3n) is 4.05. The number of aromatic nitrogens is 1. The third-order valence-corrected chi connectivity index (χ3v) is 4.05. The Labute approximate surface area is 160 Å². The second-order valence-corrected chi connectivity index (χ2v) is 6.04. The van der Waals surface area contributed by atoms with E-state index in [-0.39, 0.29) is 18.9 Å². The molecule has 0 spiro atoms. The first-order chi connectivity index (χ1) is 13.7. The zero-order chi connectivity index (χ0) is 19.3. The van der Waals surface area contributed by atoms with Gasteiger partial charge in [0.15, 0.2) is 35.4 Å². The van der Waals surface area contributed by atoms with E-state index in [0.29, 0.717) is 36.2 Å². The maximum atomic E-state index is 13.5. The molecule has 8 heteroatoms. The third kappa shape index (κ3) is 4.06. The highest BCUT2D eigenvalue weighted by Gasteiger charge is 2.15. The Bertz CT molecular complexity index is 988. The number of carbonyl (C=O) groups excluding carboxylic acids is 1. The Hall–Kier alpha value is -3.55. The van der Waals surface area contributed by atoms with Gasteiger partial charge in [0.25, 0.3) is 5.91 Å². The average Bonchev–Trinajstić information content (AvgIpc) is 3.20. The lowest BCUT2D eigenvalue weighted by molar-refractivity contribution is -0.123. The quantitative estimate of drug-likeness (QED) is 0.704. The first-order valence-electron chi connectivity index (χ1n) is 8.69. The number of halogens is 1. The van der Waals surface area contributed by atoms with Gasteiger partial charge < -0.3 is 24.1 Å². The van der Waals surface area contributed by atoms with Crippen molar-refractivity contribution in [3.8, 4) is 28.6 Å². The maximum absolute atomic E-state index is 13.5. The first kappa shape index (κ1) is 17.8. The number of amides is 1. The molecule has 0 unspecified atom stereocenters. The van der Waals surface area contributed by atoms with Crippen LogP contribution in [-0.4, -0.2) is 30.9 Å². The van der Waals surface area contributed by atoms with E-state index in [1.807, 2.05) is 18.2 Å². The SMILES string of the molecule is O=C(COc1ccccc1F)NCc1cc(-c2ccc3c(c2)OCCO3)on1. The standard InChI is InChI=1S/C20H17FN2O5/c21-15-3-1-2-4-16(15)27-12-20(24)22-11-14-10-18(28-23-14)13-5-6-17-19(9-13)26-8-7-25-17/h1-6,9-10H,7-8,11-12H2,(H,22,24). The second-order valence-electron chi connectivity index (χ2n) is 6.04. The van der Waals surface area contributed by atoms with Crippen molar-refractivity contribution in [1.29, 1.82) is 0 Å². The van der Waals surface area contributed by atoms with E-state index in [9.17, 15) is 9.18 Å². The van der Waals surface area contributed by atoms with Crippen molar-refractivity contribution in [3.63, 3.8) is 0 Å². The fraction of sp³-hybridized carbons (Fsp3) is 0.200. The van der Waals surface area contributed by atoms with Crippen LogP contribution in [0.25, 0.3) is 11.3 Å². The number of carbonyl (C=O) groups is 1. The molecule has 1 N–H and O–H groups in total. The van der Waals surface area contributed by atoms with Gasteiger partial charge in [0.05, 0.1) is 6.54 Å². The number of benzene rings is 2. The first-order valence-corrected chi connectivity index (χ1v) is 8.69. The number of rotatable bonds is 6. The summed E-state index contributed by atoms with van der Waals surface area (Å²) < 4.78 is 35.0. The molecule has 0 aliphatic carbocycles. The predicted octanol–water partition coefficient (Wildman–Crippen LogP) is 2.95. The van der Waals surface area contributed by atoms with Crippen molar-refractivity contribution < 1.29 is 27.9 Å². The van der Waals surface area contributed by atoms with Crippen molar-refractivity contribution in [1.82, 2.24) is 10.5 Å². The van der Waals surface area contributed by atoms with Crippen molar-refractivity contribution >= 4 is 5.91 Å². The molecule has 0 bridgehead atoms. The average molecular weight is 384 g/mol. The highest BCUT2D eigenvalue weighted by molar-refractivity contribution is 5.77. The van der Waals surface area contributed by atoms with Crippen molar-refractivity contribution in [2.75, 3.05) is 19.8 Å². The summed E-state index contributed by atoms with van der Waals surface area (Å²) in [6.07, 6.45) is 0. The van der Waals surface area contributed by atoms with Gasteiger partial charge >= 0.3 is 0 Å². The lowest BCUT2D eigenvalue weighted by Crippen LogP contribution is -2.28. The van der Waals surface area contributed by atoms with Crippen LogP contribution in [0.4, 0.5) is 4.39 Å². The topological polar surface area (TPSA) is 82.8 Å². The minimum absolute atomic E-state index is 0.0278. The molecule has 2 aromatic carbocycles. The van der Waals surface area contributed by atoms with Crippen LogP contribution in [0.5, 0.6) is 17.2 Å².